The molecule has 4 N–H and O–H groups in total. The Balaban J connectivity index is 2.35. The zero-order valence-corrected chi connectivity index (χ0v) is 29.1. The zero-order valence-electron chi connectivity index (χ0n) is 29.1. The van der Waals surface area contributed by atoms with Gasteiger partial charge in [0.2, 0.25) is 0 Å². The van der Waals surface area contributed by atoms with Crippen LogP contribution in [0.15, 0.2) is 24.3 Å². The van der Waals surface area contributed by atoms with Crippen LogP contribution in [0.1, 0.15) is 142 Å². The normalized spacial score (nSPS) is 22.6. The molecule has 1 aliphatic rings. The number of esters is 1. The van der Waals surface area contributed by atoms with Gasteiger partial charge < -0.3 is 39.4 Å². The monoisotopic (exact) mass is 656 g/mol. The van der Waals surface area contributed by atoms with Crippen LogP contribution in [0.25, 0.3) is 0 Å². The van der Waals surface area contributed by atoms with Crippen molar-refractivity contribution in [2.24, 2.45) is 0 Å². The lowest BCUT2D eigenvalue weighted by Crippen LogP contribution is -2.59. The van der Waals surface area contributed by atoms with Crippen LogP contribution in [-0.4, -0.2) is 89.6 Å². The number of ether oxygens (including phenoxy) is 4. The van der Waals surface area contributed by atoms with Gasteiger partial charge in [-0.25, -0.2) is 0 Å². The molecule has 9 nitrogen and oxygen atoms in total. The third-order valence-corrected chi connectivity index (χ3v) is 8.32. The summed E-state index contributed by atoms with van der Waals surface area (Å²) in [6.45, 7) is 4.43. The zero-order chi connectivity index (χ0) is 33.7. The van der Waals surface area contributed by atoms with Gasteiger partial charge in [-0.3, -0.25) is 4.79 Å². The molecule has 270 valence electrons. The van der Waals surface area contributed by atoms with E-state index in [1.807, 2.05) is 0 Å². The summed E-state index contributed by atoms with van der Waals surface area (Å²) in [5.74, 6) is -0.329. The highest BCUT2D eigenvalue weighted by molar-refractivity contribution is 5.69. The van der Waals surface area contributed by atoms with Crippen molar-refractivity contribution in [3.05, 3.63) is 24.3 Å². The number of hydrogen-bond donors (Lipinski definition) is 4. The molecule has 1 aliphatic heterocycles. The molecule has 1 saturated heterocycles. The fraction of sp³-hybridized carbons (Fsp3) is 0.865. The quantitative estimate of drug-likeness (QED) is 0.0379. The minimum atomic E-state index is -1.53. The lowest BCUT2D eigenvalue weighted by atomic mass is 9.99. The molecule has 0 aliphatic carbocycles. The largest absolute Gasteiger partial charge is 0.457 e. The Kier molecular flexibility index (Phi) is 27.6. The Labute approximate surface area is 279 Å². The van der Waals surface area contributed by atoms with Gasteiger partial charge in [-0.1, -0.05) is 102 Å². The Hall–Kier alpha value is -1.33. The smallest absolute Gasteiger partial charge is 0.306 e. The van der Waals surface area contributed by atoms with Crippen molar-refractivity contribution in [2.45, 2.75) is 179 Å². The summed E-state index contributed by atoms with van der Waals surface area (Å²) in [4.78, 5) is 12.6. The van der Waals surface area contributed by atoms with Crippen LogP contribution in [0.2, 0.25) is 0 Å². The van der Waals surface area contributed by atoms with E-state index in [0.29, 0.717) is 13.0 Å². The van der Waals surface area contributed by atoms with E-state index >= 15 is 0 Å². The minimum absolute atomic E-state index is 0.118. The Morgan fingerprint density at radius 3 is 1.85 bits per heavy atom. The molecule has 0 radical (unpaired) electrons. The highest BCUT2D eigenvalue weighted by atomic mass is 16.7. The van der Waals surface area contributed by atoms with Crippen LogP contribution in [0.5, 0.6) is 0 Å². The van der Waals surface area contributed by atoms with E-state index in [2.05, 4.69) is 38.2 Å². The summed E-state index contributed by atoms with van der Waals surface area (Å²) in [6.07, 6.45) is 23.5. The number of carbonyl (C=O) groups is 1. The van der Waals surface area contributed by atoms with Gasteiger partial charge in [-0.05, 0) is 57.8 Å². The van der Waals surface area contributed by atoms with E-state index < -0.39 is 43.4 Å². The van der Waals surface area contributed by atoms with Crippen molar-refractivity contribution in [3.8, 4) is 0 Å². The van der Waals surface area contributed by atoms with E-state index in [4.69, 9.17) is 18.9 Å². The molecular formula is C37H68O9. The fourth-order valence-electron chi connectivity index (χ4n) is 5.37. The third-order valence-electron chi connectivity index (χ3n) is 8.32. The number of allylic oxidation sites excluding steroid dienone is 4. The van der Waals surface area contributed by atoms with Crippen LogP contribution in [0.4, 0.5) is 0 Å². The fourth-order valence-corrected chi connectivity index (χ4v) is 5.37. The molecule has 6 atom stereocenters. The van der Waals surface area contributed by atoms with Crippen LogP contribution >= 0.6 is 0 Å². The van der Waals surface area contributed by atoms with E-state index in [-0.39, 0.29) is 19.2 Å². The van der Waals surface area contributed by atoms with Gasteiger partial charge in [0.05, 0.1) is 19.8 Å². The van der Waals surface area contributed by atoms with E-state index in [0.717, 1.165) is 70.6 Å². The van der Waals surface area contributed by atoms with Crippen molar-refractivity contribution in [1.82, 2.24) is 0 Å². The molecule has 0 spiro atoms. The van der Waals surface area contributed by atoms with Crippen molar-refractivity contribution >= 4 is 5.97 Å². The van der Waals surface area contributed by atoms with Crippen LogP contribution in [0.3, 0.4) is 0 Å². The maximum atomic E-state index is 12.6. The van der Waals surface area contributed by atoms with Crippen LogP contribution in [-0.2, 0) is 23.7 Å². The SMILES string of the molecule is CCC/C=C\CCCCCCCC(=O)OC(COCCCCCCCC/C=C\CCCCC)COC1OC(CO)C(O)C(O)C1O. The lowest BCUT2D eigenvalue weighted by molar-refractivity contribution is -0.305. The molecule has 0 aromatic carbocycles. The average molecular weight is 657 g/mol. The summed E-state index contributed by atoms with van der Waals surface area (Å²) < 4.78 is 22.6. The second-order valence-corrected chi connectivity index (χ2v) is 12.7. The molecule has 0 bridgehead atoms. The number of aliphatic hydroxyl groups is 4. The summed E-state index contributed by atoms with van der Waals surface area (Å²) in [7, 11) is 0. The molecule has 0 saturated carbocycles. The van der Waals surface area contributed by atoms with Crippen LogP contribution in [0, 0.1) is 0 Å². The van der Waals surface area contributed by atoms with Crippen LogP contribution < -0.4 is 0 Å². The Morgan fingerprint density at radius 2 is 1.24 bits per heavy atom. The van der Waals surface area contributed by atoms with Gasteiger partial charge in [0, 0.05) is 13.0 Å². The molecular weight excluding hydrogens is 588 g/mol. The van der Waals surface area contributed by atoms with Gasteiger partial charge in [-0.2, -0.15) is 0 Å². The predicted octanol–water partition coefficient (Wildman–Crippen LogP) is 6.69. The molecule has 1 rings (SSSR count). The number of aliphatic hydroxyl groups excluding tert-OH is 4. The third kappa shape index (κ3) is 21.5. The molecule has 6 unspecified atom stereocenters. The number of rotatable bonds is 30. The van der Waals surface area contributed by atoms with Gasteiger partial charge in [0.25, 0.3) is 0 Å². The van der Waals surface area contributed by atoms with E-state index in [1.54, 1.807) is 0 Å². The highest BCUT2D eigenvalue weighted by Gasteiger charge is 2.44. The number of carbonyl (C=O) groups excluding carboxylic acids is 1. The summed E-state index contributed by atoms with van der Waals surface area (Å²) >= 11 is 0. The predicted molar refractivity (Wildman–Crippen MR) is 182 cm³/mol. The van der Waals surface area contributed by atoms with Crippen molar-refractivity contribution < 1.29 is 44.2 Å². The minimum Gasteiger partial charge on any atom is -0.457 e. The first kappa shape index (κ1) is 42.7. The van der Waals surface area contributed by atoms with Gasteiger partial charge in [-0.15, -0.1) is 0 Å². The van der Waals surface area contributed by atoms with Crippen molar-refractivity contribution in [2.75, 3.05) is 26.4 Å². The topological polar surface area (TPSA) is 135 Å². The maximum Gasteiger partial charge on any atom is 0.306 e. The average Bonchev–Trinajstić information content (AvgIpc) is 3.05. The van der Waals surface area contributed by atoms with Crippen molar-refractivity contribution in [3.63, 3.8) is 0 Å². The van der Waals surface area contributed by atoms with Gasteiger partial charge in [0.15, 0.2) is 6.29 Å². The summed E-state index contributed by atoms with van der Waals surface area (Å²) in [6, 6.07) is 0. The molecule has 46 heavy (non-hydrogen) atoms. The standard InChI is InChI=1S/C37H68O9/c1-3-5-7-9-11-13-15-16-17-19-21-23-25-27-43-29-31(30-44-37-36(42)35(41)34(40)32(28-38)46-37)45-33(39)26-24-22-20-18-14-12-10-8-6-4-2/h8,10-11,13,31-32,34-38,40-42H,3-7,9,12,14-30H2,1-2H3/b10-8-,13-11-. The first-order valence-electron chi connectivity index (χ1n) is 18.4. The summed E-state index contributed by atoms with van der Waals surface area (Å²) in [5.41, 5.74) is 0. The molecule has 1 heterocycles. The molecule has 0 aromatic heterocycles. The summed E-state index contributed by atoms with van der Waals surface area (Å²) in [5, 5.41) is 39.8. The maximum absolute atomic E-state index is 12.6. The molecule has 0 amide bonds. The van der Waals surface area contributed by atoms with Crippen molar-refractivity contribution in [1.29, 1.82) is 0 Å². The van der Waals surface area contributed by atoms with Gasteiger partial charge in [0.1, 0.15) is 30.5 Å². The number of unbranched alkanes of at least 4 members (excludes halogenated alkanes) is 15. The first-order chi connectivity index (χ1) is 22.4. The highest BCUT2D eigenvalue weighted by Crippen LogP contribution is 2.22. The van der Waals surface area contributed by atoms with E-state index in [9.17, 15) is 25.2 Å². The molecule has 0 aromatic rings. The van der Waals surface area contributed by atoms with E-state index in [1.165, 1.54) is 51.4 Å². The lowest BCUT2D eigenvalue weighted by Gasteiger charge is -2.39. The second-order valence-electron chi connectivity index (χ2n) is 12.7. The Bertz CT molecular complexity index is 757. The first-order valence-corrected chi connectivity index (χ1v) is 18.4. The second kappa shape index (κ2) is 29.8. The molecule has 1 fully saturated rings. The van der Waals surface area contributed by atoms with Gasteiger partial charge >= 0.3 is 5.97 Å². The number of hydrogen-bond acceptors (Lipinski definition) is 9. The molecule has 9 heteroatoms. The Morgan fingerprint density at radius 1 is 0.674 bits per heavy atom.